The third-order valence-electron chi connectivity index (χ3n) is 16.4. The fourth-order valence-electron chi connectivity index (χ4n) is 10.5. The molecule has 5 aliphatic rings. The van der Waals surface area contributed by atoms with Crippen molar-refractivity contribution in [1.82, 2.24) is 15.1 Å². The number of imide groups is 3. The van der Waals surface area contributed by atoms with Gasteiger partial charge in [0.05, 0.1) is 38.9 Å². The van der Waals surface area contributed by atoms with Gasteiger partial charge in [-0.05, 0) is 118 Å². The van der Waals surface area contributed by atoms with Crippen LogP contribution in [0.4, 0.5) is 22.7 Å². The third kappa shape index (κ3) is 23.7. The molecular formula is C73H82ClN7O22S4Si2. The molecule has 2 fully saturated rings. The van der Waals surface area contributed by atoms with Gasteiger partial charge in [0.2, 0.25) is 23.1 Å². The standard InChI is InChI=1S/C24H28N2O6SSi.C14H13NO3S.C11H8N2O3.C10H17NO3Si.C7H7ClO2S.C7H7NO.H2O4S/c1-17-9-11-18(12-10-17)33(30,31)26-20-8-6-5-7-19(20)22(28)24(26)15-21(27)25(23(24)29)16-32-13-14-34(2,3)4;1-11-6-8-13(9-7-11)19(17,18)15-14-5-3-2-4-12(14)10-16;14-8-5-11(10(16)12-8)9(15)6-3-1-2-4-7(6)13-11;1-15(2,3)7-6-14-8-11-9(12)4-5-10(11)13;1-6-2-4-7(5-3-6)11(8,9)10;8-7-4-2-1-3-6(7)5-9;1-5(2,3)4/h5-12H,13-16H2,1-4H3;2-10,15H,1H3;1-4,13H,5H2,(H,12,14,16);4-5H,6-8H2,1-3H3;2-5H,1H3;1-5H,8H2;(H2,1,2,3,4). The predicted octanol–water partition coefficient (Wildman–Crippen LogP) is 9.46. The zero-order valence-corrected chi connectivity index (χ0v) is 66.6. The Balaban J connectivity index is 0.000000213. The molecule has 2 spiro atoms. The Labute approximate surface area is 638 Å². The van der Waals surface area contributed by atoms with Crippen molar-refractivity contribution in [2.75, 3.05) is 46.8 Å². The van der Waals surface area contributed by atoms with Gasteiger partial charge < -0.3 is 20.5 Å². The number of nitrogens with two attached hydrogens (primary N) is 1. The minimum atomic E-state index is -4.67. The third-order valence-corrected chi connectivity index (χ3v) is 24.4. The number of sulfonamides is 2. The molecule has 7 aromatic carbocycles. The summed E-state index contributed by atoms with van der Waals surface area (Å²) in [5.41, 5.74) is 7.59. The first kappa shape index (κ1) is 87.9. The lowest BCUT2D eigenvalue weighted by Crippen LogP contribution is -2.58. The van der Waals surface area contributed by atoms with E-state index in [0.717, 1.165) is 49.2 Å². The van der Waals surface area contributed by atoms with E-state index >= 15 is 0 Å². The molecule has 2 saturated heterocycles. The van der Waals surface area contributed by atoms with Crippen LogP contribution in [-0.4, -0.2) is 166 Å². The van der Waals surface area contributed by atoms with E-state index < -0.39 is 103 Å². The number of Topliss-reactive ketones (excluding diaryl/α,β-unsaturated/α-hetero) is 2. The summed E-state index contributed by atoms with van der Waals surface area (Å²) in [5.74, 6) is -4.07. The van der Waals surface area contributed by atoms with E-state index in [1.807, 2.05) is 20.8 Å². The molecule has 29 nitrogen and oxygen atoms in total. The topological polar surface area (TPSA) is 438 Å². The van der Waals surface area contributed by atoms with E-state index in [1.165, 1.54) is 60.7 Å². The van der Waals surface area contributed by atoms with Crippen molar-refractivity contribution in [1.29, 1.82) is 0 Å². The van der Waals surface area contributed by atoms with Crippen molar-refractivity contribution in [3.05, 3.63) is 221 Å². The van der Waals surface area contributed by atoms with Crippen molar-refractivity contribution in [2.45, 2.75) is 111 Å². The number of nitrogens with zero attached hydrogens (tertiary/aromatic N) is 3. The highest BCUT2D eigenvalue weighted by Crippen LogP contribution is 2.48. The van der Waals surface area contributed by atoms with Crippen LogP contribution in [0.25, 0.3) is 0 Å². The Hall–Kier alpha value is -10.1. The second-order valence-corrected chi connectivity index (χ2v) is 45.4. The molecule has 36 heteroatoms. The summed E-state index contributed by atoms with van der Waals surface area (Å²) in [7, 11) is -13.6. The fourth-order valence-corrected chi connectivity index (χ4v) is 15.6. The largest absolute Gasteiger partial charge is 0.398 e. The fraction of sp³-hybridized carbons (Fsp3) is 0.260. The van der Waals surface area contributed by atoms with E-state index in [9.17, 15) is 73.2 Å². The van der Waals surface area contributed by atoms with Gasteiger partial charge in [0.15, 0.2) is 23.9 Å². The Morgan fingerprint density at radius 2 is 0.991 bits per heavy atom. The number of hydrogen-bond donors (Lipinski definition) is 6. The van der Waals surface area contributed by atoms with Gasteiger partial charge >= 0.3 is 10.4 Å². The van der Waals surface area contributed by atoms with Crippen molar-refractivity contribution in [2.24, 2.45) is 0 Å². The zero-order valence-electron chi connectivity index (χ0n) is 60.6. The van der Waals surface area contributed by atoms with Gasteiger partial charge in [-0.25, -0.2) is 29.6 Å². The first-order valence-corrected chi connectivity index (χ1v) is 47.1. The Kier molecular flexibility index (Phi) is 29.7. The van der Waals surface area contributed by atoms with Crippen molar-refractivity contribution in [3.63, 3.8) is 0 Å². The molecule has 109 heavy (non-hydrogen) atoms. The summed E-state index contributed by atoms with van der Waals surface area (Å²) >= 11 is 0. The van der Waals surface area contributed by atoms with Crippen molar-refractivity contribution < 1.29 is 100 Å². The first-order chi connectivity index (χ1) is 50.8. The van der Waals surface area contributed by atoms with Crippen LogP contribution in [0, 0.1) is 20.8 Å². The number of benzene rings is 7. The number of carbonyl (C=O) groups excluding carboxylic acids is 10. The molecule has 7 N–H and O–H groups in total. The SMILES string of the molecule is C[Si](C)(C)CCOCN1C(=O)C=CC1=O.Cc1ccc(S(=O)(=O)Cl)cc1.Cc1ccc(S(=O)(=O)N2c3ccccc3C(=O)C23CC(=O)N(COCC[Si](C)(C)C)C3=O)cc1.Cc1ccc(S(=O)(=O)Nc2ccccc2C=O)cc1.Nc1ccccc1C=O.O=C1CC2(Nc3ccccc3C2=O)C(=O)N1.O=S(=O)(O)O. The summed E-state index contributed by atoms with van der Waals surface area (Å²) in [6.45, 7) is 19.6. The Morgan fingerprint density at radius 1 is 0.550 bits per heavy atom. The van der Waals surface area contributed by atoms with E-state index in [-0.39, 0.29) is 69.1 Å². The normalized spacial score (nSPS) is 17.0. The molecule has 580 valence electrons. The number of para-hydroxylation sites is 4. The smallest absolute Gasteiger partial charge is 0.394 e. The molecule has 12 rings (SSSR count). The van der Waals surface area contributed by atoms with Crippen LogP contribution in [0.15, 0.2) is 197 Å². The summed E-state index contributed by atoms with van der Waals surface area (Å²) < 4.78 is 119. The molecule has 5 heterocycles. The van der Waals surface area contributed by atoms with E-state index in [0.29, 0.717) is 47.6 Å². The number of anilines is 4. The summed E-state index contributed by atoms with van der Waals surface area (Å²) in [4.78, 5) is 121. The highest BCUT2D eigenvalue weighted by molar-refractivity contribution is 8.13. The van der Waals surface area contributed by atoms with Crippen molar-refractivity contribution in [3.8, 4) is 0 Å². The molecule has 7 aromatic rings. The van der Waals surface area contributed by atoms with Gasteiger partial charge in [-0.1, -0.05) is 141 Å². The van der Waals surface area contributed by atoms with Crippen LogP contribution in [0.3, 0.4) is 0 Å². The van der Waals surface area contributed by atoms with Gasteiger partial charge in [-0.2, -0.15) is 8.42 Å². The number of ether oxygens (including phenoxy) is 2. The predicted molar refractivity (Wildman–Crippen MR) is 413 cm³/mol. The van der Waals surface area contributed by atoms with E-state index in [1.54, 1.807) is 121 Å². The number of carbonyl (C=O) groups is 10. The Bertz CT molecular complexity index is 5080. The maximum Gasteiger partial charge on any atom is 0.394 e. The number of nitrogens with one attached hydrogen (secondary N) is 3. The van der Waals surface area contributed by atoms with Crippen LogP contribution < -0.4 is 25.4 Å². The molecule has 0 aliphatic carbocycles. The number of aldehydes is 2. The number of ketones is 2. The van der Waals surface area contributed by atoms with Gasteiger partial charge in [-0.3, -0.25) is 76.9 Å². The summed E-state index contributed by atoms with van der Waals surface area (Å²) in [5, 5.41) is 5.01. The molecule has 0 saturated carbocycles. The van der Waals surface area contributed by atoms with Gasteiger partial charge in [0.1, 0.15) is 13.5 Å². The molecule has 0 bridgehead atoms. The zero-order chi connectivity index (χ0) is 81.3. The number of amides is 6. The van der Waals surface area contributed by atoms with Crippen LogP contribution >= 0.6 is 10.7 Å². The molecule has 6 amide bonds. The second-order valence-electron chi connectivity index (χ2n) is 27.3. The number of nitrogen functional groups attached to an aromatic ring is 1. The van der Waals surface area contributed by atoms with E-state index in [4.69, 9.17) is 43.4 Å². The number of aryl methyl sites for hydroxylation is 3. The van der Waals surface area contributed by atoms with Gasteiger partial charge in [0, 0.05) is 85.8 Å². The lowest BCUT2D eigenvalue weighted by Gasteiger charge is -2.32. The van der Waals surface area contributed by atoms with Crippen LogP contribution in [0.1, 0.15) is 71.0 Å². The highest BCUT2D eigenvalue weighted by Gasteiger charge is 2.67. The molecule has 0 radical (unpaired) electrons. The molecule has 5 aliphatic heterocycles. The number of likely N-dealkylation sites (tertiary alicyclic amines) is 1. The first-order valence-electron chi connectivity index (χ1n) is 33.0. The number of halogens is 1. The lowest BCUT2D eigenvalue weighted by molar-refractivity contribution is -0.146. The van der Waals surface area contributed by atoms with Crippen molar-refractivity contribution >= 4 is 149 Å². The van der Waals surface area contributed by atoms with Gasteiger partial charge in [0.25, 0.3) is 52.7 Å². The number of fused-ring (bicyclic) bond motifs is 2. The molecule has 2 unspecified atom stereocenters. The molecular weight excluding hydrogens is 1550 g/mol. The Morgan fingerprint density at radius 3 is 1.45 bits per heavy atom. The second kappa shape index (κ2) is 36.9. The van der Waals surface area contributed by atoms with Gasteiger partial charge in [-0.15, -0.1) is 0 Å². The average molecular weight is 1630 g/mol. The minimum absolute atomic E-state index is 0.0629. The van der Waals surface area contributed by atoms with Crippen LogP contribution in [-0.2, 0) is 77.7 Å². The number of hydrogen-bond acceptors (Lipinski definition) is 22. The van der Waals surface area contributed by atoms with Crippen LogP contribution in [0.5, 0.6) is 0 Å². The summed E-state index contributed by atoms with van der Waals surface area (Å²) in [6.07, 6.45) is 3.21. The van der Waals surface area contributed by atoms with E-state index in [2.05, 4.69) is 54.6 Å². The highest BCUT2D eigenvalue weighted by atomic mass is 35.7. The molecule has 0 aromatic heterocycles. The number of rotatable bonds is 18. The maximum absolute atomic E-state index is 13.8. The lowest BCUT2D eigenvalue weighted by atomic mass is 9.92. The monoisotopic (exact) mass is 1630 g/mol. The maximum atomic E-state index is 13.8. The quantitative estimate of drug-likeness (QED) is 0.00680. The molecule has 2 atom stereocenters. The summed E-state index contributed by atoms with van der Waals surface area (Å²) in [6, 6.07) is 47.3. The average Bonchev–Trinajstić information content (AvgIpc) is 1.53. The van der Waals surface area contributed by atoms with Crippen LogP contribution in [0.2, 0.25) is 51.4 Å². The minimum Gasteiger partial charge on any atom is -0.398 e.